The Morgan fingerprint density at radius 1 is 1.47 bits per heavy atom. The molecule has 0 amide bonds. The molecule has 0 aromatic carbocycles. The van der Waals surface area contributed by atoms with E-state index < -0.39 is 0 Å². The molecule has 110 valence electrons. The molecule has 1 aromatic heterocycles. The van der Waals surface area contributed by atoms with Crippen LogP contribution in [0.3, 0.4) is 0 Å². The van der Waals surface area contributed by atoms with E-state index in [2.05, 4.69) is 37.0 Å². The van der Waals surface area contributed by atoms with E-state index in [-0.39, 0.29) is 12.1 Å². The molecule has 0 bridgehead atoms. The van der Waals surface area contributed by atoms with E-state index in [0.29, 0.717) is 12.6 Å². The fourth-order valence-electron chi connectivity index (χ4n) is 2.42. The maximum atomic E-state index is 6.35. The standard InChI is InChI=1S/C14H28N4O/c1-6-13(15)14(12-9-16-17(4)10-12)18(11(2)3)7-8-19-5/h9-11,13-14H,6-8,15H2,1-5H3. The monoisotopic (exact) mass is 268 g/mol. The van der Waals surface area contributed by atoms with E-state index in [0.717, 1.165) is 13.0 Å². The zero-order valence-corrected chi connectivity index (χ0v) is 12.8. The van der Waals surface area contributed by atoms with E-state index in [1.54, 1.807) is 7.11 Å². The van der Waals surface area contributed by atoms with Crippen LogP contribution in [0.15, 0.2) is 12.4 Å². The Kier molecular flexibility index (Phi) is 6.48. The highest BCUT2D eigenvalue weighted by molar-refractivity contribution is 5.13. The Morgan fingerprint density at radius 3 is 2.58 bits per heavy atom. The van der Waals surface area contributed by atoms with E-state index in [1.165, 1.54) is 5.56 Å². The number of nitrogens with two attached hydrogens (primary N) is 1. The summed E-state index contributed by atoms with van der Waals surface area (Å²) in [5.74, 6) is 0. The van der Waals surface area contributed by atoms with Crippen molar-refractivity contribution in [2.24, 2.45) is 12.8 Å². The molecule has 0 saturated carbocycles. The van der Waals surface area contributed by atoms with Gasteiger partial charge in [-0.25, -0.2) is 0 Å². The number of rotatable bonds is 8. The van der Waals surface area contributed by atoms with Crippen molar-refractivity contribution in [3.8, 4) is 0 Å². The first kappa shape index (κ1) is 16.1. The first-order valence-corrected chi connectivity index (χ1v) is 7.00. The molecule has 0 saturated heterocycles. The summed E-state index contributed by atoms with van der Waals surface area (Å²) in [4.78, 5) is 2.40. The Morgan fingerprint density at radius 2 is 2.16 bits per heavy atom. The number of hydrogen-bond acceptors (Lipinski definition) is 4. The Bertz CT molecular complexity index is 364. The van der Waals surface area contributed by atoms with Crippen molar-refractivity contribution in [1.82, 2.24) is 14.7 Å². The molecule has 0 spiro atoms. The Hall–Kier alpha value is -0.910. The number of aryl methyl sites for hydroxylation is 1. The lowest BCUT2D eigenvalue weighted by atomic mass is 9.97. The third kappa shape index (κ3) is 4.30. The van der Waals surface area contributed by atoms with Crippen LogP contribution >= 0.6 is 0 Å². The van der Waals surface area contributed by atoms with E-state index in [4.69, 9.17) is 10.5 Å². The van der Waals surface area contributed by atoms with Crippen molar-refractivity contribution in [1.29, 1.82) is 0 Å². The van der Waals surface area contributed by atoms with Crippen molar-refractivity contribution < 1.29 is 4.74 Å². The van der Waals surface area contributed by atoms with Crippen molar-refractivity contribution in [3.05, 3.63) is 18.0 Å². The second kappa shape index (κ2) is 7.62. The summed E-state index contributed by atoms with van der Waals surface area (Å²) < 4.78 is 7.06. The highest BCUT2D eigenvalue weighted by atomic mass is 16.5. The van der Waals surface area contributed by atoms with Gasteiger partial charge in [-0.3, -0.25) is 9.58 Å². The molecule has 0 aliphatic rings. The summed E-state index contributed by atoms with van der Waals surface area (Å²) in [5, 5.41) is 4.28. The summed E-state index contributed by atoms with van der Waals surface area (Å²) in [6, 6.07) is 0.704. The quantitative estimate of drug-likeness (QED) is 0.777. The maximum Gasteiger partial charge on any atom is 0.0590 e. The van der Waals surface area contributed by atoms with Crippen molar-refractivity contribution in [3.63, 3.8) is 0 Å². The predicted molar refractivity (Wildman–Crippen MR) is 77.9 cm³/mol. The number of hydrogen-bond donors (Lipinski definition) is 1. The van der Waals surface area contributed by atoms with Crippen molar-refractivity contribution >= 4 is 0 Å². The summed E-state index contributed by atoms with van der Waals surface area (Å²) in [7, 11) is 3.67. The van der Waals surface area contributed by atoms with Crippen LogP contribution in [0.4, 0.5) is 0 Å². The summed E-state index contributed by atoms with van der Waals surface area (Å²) in [5.41, 5.74) is 7.53. The Labute approximate surface area is 116 Å². The minimum absolute atomic E-state index is 0.100. The second-order valence-corrected chi connectivity index (χ2v) is 5.29. The van der Waals surface area contributed by atoms with Gasteiger partial charge in [0.1, 0.15) is 0 Å². The molecular formula is C14H28N4O. The number of methoxy groups -OCH3 is 1. The van der Waals surface area contributed by atoms with E-state index in [9.17, 15) is 0 Å². The average Bonchev–Trinajstić information content (AvgIpc) is 2.79. The largest absolute Gasteiger partial charge is 0.383 e. The van der Waals surface area contributed by atoms with Crippen LogP contribution in [-0.4, -0.2) is 47.0 Å². The number of aromatic nitrogens is 2. The van der Waals surface area contributed by atoms with E-state index >= 15 is 0 Å². The lowest BCUT2D eigenvalue weighted by Crippen LogP contribution is -2.45. The van der Waals surface area contributed by atoms with Gasteiger partial charge in [-0.05, 0) is 20.3 Å². The van der Waals surface area contributed by atoms with Gasteiger partial charge in [0.05, 0.1) is 18.8 Å². The third-order valence-electron chi connectivity index (χ3n) is 3.52. The van der Waals surface area contributed by atoms with E-state index in [1.807, 2.05) is 17.9 Å². The van der Waals surface area contributed by atoms with Gasteiger partial charge >= 0.3 is 0 Å². The highest BCUT2D eigenvalue weighted by Crippen LogP contribution is 2.26. The Balaban J connectivity index is 2.99. The van der Waals surface area contributed by atoms with Crippen LogP contribution in [0.5, 0.6) is 0 Å². The van der Waals surface area contributed by atoms with Crippen LogP contribution in [0, 0.1) is 0 Å². The minimum atomic E-state index is 0.100. The lowest BCUT2D eigenvalue weighted by Gasteiger charge is -2.37. The molecule has 1 aromatic rings. The second-order valence-electron chi connectivity index (χ2n) is 5.29. The molecule has 2 atom stereocenters. The van der Waals surface area contributed by atoms with Crippen LogP contribution in [-0.2, 0) is 11.8 Å². The number of ether oxygens (including phenoxy) is 1. The minimum Gasteiger partial charge on any atom is -0.383 e. The van der Waals surface area contributed by atoms with Crippen LogP contribution in [0.2, 0.25) is 0 Å². The fourth-order valence-corrected chi connectivity index (χ4v) is 2.42. The van der Waals surface area contributed by atoms with Gasteiger partial charge in [0.2, 0.25) is 0 Å². The fraction of sp³-hybridized carbons (Fsp3) is 0.786. The first-order valence-electron chi connectivity index (χ1n) is 7.00. The molecule has 19 heavy (non-hydrogen) atoms. The molecule has 0 aliphatic carbocycles. The predicted octanol–water partition coefficient (Wildman–Crippen LogP) is 1.56. The van der Waals surface area contributed by atoms with Crippen LogP contribution < -0.4 is 5.73 Å². The van der Waals surface area contributed by atoms with Crippen molar-refractivity contribution in [2.45, 2.75) is 45.3 Å². The normalized spacial score (nSPS) is 15.2. The van der Waals surface area contributed by atoms with Gasteiger partial charge in [0.15, 0.2) is 0 Å². The molecule has 0 fully saturated rings. The van der Waals surface area contributed by atoms with Gasteiger partial charge in [0, 0.05) is 44.5 Å². The average molecular weight is 268 g/mol. The van der Waals surface area contributed by atoms with Crippen molar-refractivity contribution in [2.75, 3.05) is 20.3 Å². The van der Waals surface area contributed by atoms with Gasteiger partial charge in [-0.1, -0.05) is 6.92 Å². The summed E-state index contributed by atoms with van der Waals surface area (Å²) >= 11 is 0. The smallest absolute Gasteiger partial charge is 0.0590 e. The zero-order valence-electron chi connectivity index (χ0n) is 12.8. The molecule has 0 radical (unpaired) electrons. The molecule has 1 heterocycles. The van der Waals surface area contributed by atoms with Crippen LogP contribution in [0.1, 0.15) is 38.8 Å². The molecule has 1 rings (SSSR count). The topological polar surface area (TPSA) is 56.3 Å². The summed E-state index contributed by atoms with van der Waals surface area (Å²) in [6.45, 7) is 8.11. The maximum absolute atomic E-state index is 6.35. The van der Waals surface area contributed by atoms with Gasteiger partial charge in [0.25, 0.3) is 0 Å². The molecule has 2 N–H and O–H groups in total. The SMILES string of the molecule is CCC(N)C(c1cnn(C)c1)N(CCOC)C(C)C. The lowest BCUT2D eigenvalue weighted by molar-refractivity contribution is 0.0831. The molecule has 5 heteroatoms. The zero-order chi connectivity index (χ0) is 14.4. The molecule has 0 aliphatic heterocycles. The van der Waals surface area contributed by atoms with Gasteiger partial charge < -0.3 is 10.5 Å². The summed E-state index contributed by atoms with van der Waals surface area (Å²) in [6.07, 6.45) is 4.92. The number of nitrogens with zero attached hydrogens (tertiary/aromatic N) is 3. The molecule has 5 nitrogen and oxygen atoms in total. The highest BCUT2D eigenvalue weighted by Gasteiger charge is 2.28. The first-order chi connectivity index (χ1) is 9.01. The van der Waals surface area contributed by atoms with Gasteiger partial charge in [-0.2, -0.15) is 5.10 Å². The molecular weight excluding hydrogens is 240 g/mol. The molecule has 2 unspecified atom stereocenters. The van der Waals surface area contributed by atoms with Gasteiger partial charge in [-0.15, -0.1) is 0 Å². The van der Waals surface area contributed by atoms with Crippen LogP contribution in [0.25, 0.3) is 0 Å². The third-order valence-corrected chi connectivity index (χ3v) is 3.52.